The molecule has 2 aromatic rings. The summed E-state index contributed by atoms with van der Waals surface area (Å²) in [7, 11) is 1.29. The summed E-state index contributed by atoms with van der Waals surface area (Å²) in [5.41, 5.74) is 2.51. The van der Waals surface area contributed by atoms with Crippen molar-refractivity contribution in [1.82, 2.24) is 15.5 Å². The van der Waals surface area contributed by atoms with E-state index in [0.717, 1.165) is 30.5 Å². The number of nitrogens with one attached hydrogen (secondary N) is 2. The Hall–Kier alpha value is -2.70. The average Bonchev–Trinajstić information content (AvgIpc) is 3.11. The van der Waals surface area contributed by atoms with E-state index in [9.17, 15) is 14.0 Å². The Bertz CT molecular complexity index is 757. The molecule has 3 rings (SSSR count). The fraction of sp³-hybridized carbons (Fsp3) is 0.389. The lowest BCUT2D eigenvalue weighted by Gasteiger charge is -2.22. The molecule has 0 bridgehead atoms. The molecule has 2 atom stereocenters. The van der Waals surface area contributed by atoms with E-state index in [4.69, 9.17) is 4.74 Å². The molecule has 1 amide bonds. The van der Waals surface area contributed by atoms with Gasteiger partial charge in [0.2, 0.25) is 5.91 Å². The van der Waals surface area contributed by atoms with Crippen LogP contribution in [0.25, 0.3) is 0 Å². The molecule has 6 nitrogen and oxygen atoms in total. The number of nitrogens with zero attached hydrogens (tertiary/aromatic N) is 1. The fourth-order valence-corrected chi connectivity index (χ4v) is 3.23. The van der Waals surface area contributed by atoms with E-state index in [1.807, 2.05) is 0 Å². The number of aromatic nitrogens is 2. The number of ether oxygens (including phenoxy) is 1. The summed E-state index contributed by atoms with van der Waals surface area (Å²) in [4.78, 5) is 24.7. The van der Waals surface area contributed by atoms with E-state index in [-0.39, 0.29) is 24.2 Å². The van der Waals surface area contributed by atoms with Gasteiger partial charge in [-0.25, -0.2) is 4.39 Å². The number of carbonyl (C=O) groups excluding carboxylic acids is 2. The number of halogens is 1. The number of aryl methyl sites for hydroxylation is 1. The van der Waals surface area contributed by atoms with Crippen LogP contribution in [-0.2, 0) is 20.7 Å². The van der Waals surface area contributed by atoms with Crippen molar-refractivity contribution >= 4 is 11.9 Å². The summed E-state index contributed by atoms with van der Waals surface area (Å²) < 4.78 is 17.9. The lowest BCUT2D eigenvalue weighted by molar-refractivity contribution is -0.142. The number of amides is 1. The van der Waals surface area contributed by atoms with Crippen molar-refractivity contribution in [3.05, 3.63) is 53.1 Å². The zero-order valence-corrected chi connectivity index (χ0v) is 13.9. The Morgan fingerprint density at radius 2 is 2.16 bits per heavy atom. The maximum absolute atomic E-state index is 13.1. The minimum absolute atomic E-state index is 0.0980. The molecule has 0 saturated heterocycles. The molecule has 1 aromatic carbocycles. The van der Waals surface area contributed by atoms with Gasteiger partial charge in [0.05, 0.1) is 25.1 Å². The van der Waals surface area contributed by atoms with Gasteiger partial charge < -0.3 is 10.1 Å². The van der Waals surface area contributed by atoms with Crippen LogP contribution in [0.15, 0.2) is 30.5 Å². The number of fused-ring (bicyclic) bond motifs is 1. The third kappa shape index (κ3) is 3.70. The van der Waals surface area contributed by atoms with E-state index in [1.165, 1.54) is 31.4 Å². The van der Waals surface area contributed by atoms with Crippen LogP contribution < -0.4 is 5.32 Å². The van der Waals surface area contributed by atoms with Gasteiger partial charge in [0.1, 0.15) is 5.82 Å². The number of hydrogen-bond acceptors (Lipinski definition) is 4. The average molecular weight is 345 g/mol. The number of methoxy groups -OCH3 is 1. The van der Waals surface area contributed by atoms with Gasteiger partial charge in [-0.1, -0.05) is 12.1 Å². The van der Waals surface area contributed by atoms with Crippen LogP contribution in [0.4, 0.5) is 4.39 Å². The number of hydrogen-bond donors (Lipinski definition) is 2. The summed E-state index contributed by atoms with van der Waals surface area (Å²) >= 11 is 0. The van der Waals surface area contributed by atoms with Crippen molar-refractivity contribution < 1.29 is 18.7 Å². The zero-order chi connectivity index (χ0) is 17.8. The van der Waals surface area contributed by atoms with E-state index in [0.29, 0.717) is 5.56 Å². The highest BCUT2D eigenvalue weighted by Crippen LogP contribution is 2.30. The number of benzene rings is 1. The van der Waals surface area contributed by atoms with Gasteiger partial charge in [-0.15, -0.1) is 0 Å². The minimum atomic E-state index is -0.679. The van der Waals surface area contributed by atoms with Gasteiger partial charge in [0.25, 0.3) is 0 Å². The third-order valence-electron chi connectivity index (χ3n) is 4.60. The molecule has 1 aliphatic rings. The molecule has 7 heteroatoms. The van der Waals surface area contributed by atoms with Crippen LogP contribution in [0, 0.1) is 5.82 Å². The molecule has 0 saturated carbocycles. The molecule has 0 spiro atoms. The van der Waals surface area contributed by atoms with Crippen LogP contribution in [0.2, 0.25) is 0 Å². The lowest BCUT2D eigenvalue weighted by Crippen LogP contribution is -2.36. The smallest absolute Gasteiger partial charge is 0.314 e. The van der Waals surface area contributed by atoms with Gasteiger partial charge in [-0.05, 0) is 37.0 Å². The first-order valence-electron chi connectivity index (χ1n) is 8.23. The monoisotopic (exact) mass is 345 g/mol. The predicted molar refractivity (Wildman–Crippen MR) is 88.4 cm³/mol. The van der Waals surface area contributed by atoms with E-state index in [2.05, 4.69) is 15.5 Å². The first kappa shape index (κ1) is 17.1. The topological polar surface area (TPSA) is 84.1 Å². The highest BCUT2D eigenvalue weighted by Gasteiger charge is 2.29. The second kappa shape index (κ2) is 7.46. The Labute approximate surface area is 144 Å². The van der Waals surface area contributed by atoms with Crippen molar-refractivity contribution in [2.75, 3.05) is 13.7 Å². The van der Waals surface area contributed by atoms with Gasteiger partial charge >= 0.3 is 5.97 Å². The van der Waals surface area contributed by atoms with Crippen molar-refractivity contribution in [2.45, 2.75) is 31.1 Å². The number of aromatic amines is 1. The number of carbonyl (C=O) groups is 2. The van der Waals surface area contributed by atoms with Gasteiger partial charge in [-0.3, -0.25) is 14.7 Å². The van der Waals surface area contributed by atoms with Crippen LogP contribution in [0.3, 0.4) is 0 Å². The van der Waals surface area contributed by atoms with Crippen LogP contribution in [0.1, 0.15) is 41.5 Å². The van der Waals surface area contributed by atoms with Gasteiger partial charge in [-0.2, -0.15) is 5.10 Å². The molecule has 0 unspecified atom stereocenters. The molecule has 132 valence electrons. The molecule has 25 heavy (non-hydrogen) atoms. The highest BCUT2D eigenvalue weighted by atomic mass is 19.1. The second-order valence-electron chi connectivity index (χ2n) is 6.12. The van der Waals surface area contributed by atoms with Crippen molar-refractivity contribution in [3.63, 3.8) is 0 Å². The number of esters is 1. The number of H-pyrrole nitrogens is 1. The molecule has 0 fully saturated rings. The summed E-state index contributed by atoms with van der Waals surface area (Å²) in [5.74, 6) is -1.94. The summed E-state index contributed by atoms with van der Waals surface area (Å²) in [6.45, 7) is 0.0980. The maximum Gasteiger partial charge on any atom is 0.314 e. The Morgan fingerprint density at radius 3 is 2.88 bits per heavy atom. The lowest BCUT2D eigenvalue weighted by atomic mass is 9.86. The third-order valence-corrected chi connectivity index (χ3v) is 4.60. The zero-order valence-electron chi connectivity index (χ0n) is 13.9. The highest BCUT2D eigenvalue weighted by molar-refractivity contribution is 5.85. The first-order chi connectivity index (χ1) is 12.1. The summed E-state index contributed by atoms with van der Waals surface area (Å²) in [6.07, 6.45) is 4.24. The van der Waals surface area contributed by atoms with Crippen LogP contribution in [-0.4, -0.2) is 35.7 Å². The van der Waals surface area contributed by atoms with Crippen molar-refractivity contribution in [1.29, 1.82) is 0 Å². The van der Waals surface area contributed by atoms with E-state index >= 15 is 0 Å². The molecular formula is C18H20FN3O3. The molecule has 0 aliphatic heterocycles. The Morgan fingerprint density at radius 1 is 1.40 bits per heavy atom. The molecule has 1 aromatic heterocycles. The Balaban J connectivity index is 1.70. The van der Waals surface area contributed by atoms with Gasteiger partial charge in [0.15, 0.2) is 0 Å². The molecule has 1 heterocycles. The Kier molecular flexibility index (Phi) is 5.11. The van der Waals surface area contributed by atoms with Crippen molar-refractivity contribution in [3.8, 4) is 0 Å². The SMILES string of the molecule is COC(=O)[C@H](CNC(=O)[C@H]1CCCc2[nH]ncc21)c1ccc(F)cc1. The van der Waals surface area contributed by atoms with Crippen molar-refractivity contribution in [2.24, 2.45) is 0 Å². The van der Waals surface area contributed by atoms with E-state index in [1.54, 1.807) is 6.20 Å². The molecule has 1 aliphatic carbocycles. The standard InChI is InChI=1S/C18H20FN3O3/c1-25-18(24)14(11-5-7-12(19)8-6-11)9-20-17(23)13-3-2-4-16-15(13)10-21-22-16/h5-8,10,13-14H,2-4,9H2,1H3,(H,20,23)(H,21,22)/t13-,14+/m0/s1. The molecule has 2 N–H and O–H groups in total. The normalized spacial score (nSPS) is 17.4. The van der Waals surface area contributed by atoms with E-state index < -0.39 is 11.9 Å². The summed E-state index contributed by atoms with van der Waals surface area (Å²) in [6, 6.07) is 5.62. The quantitative estimate of drug-likeness (QED) is 0.812. The largest absolute Gasteiger partial charge is 0.468 e. The van der Waals surface area contributed by atoms with Crippen LogP contribution >= 0.6 is 0 Å². The number of rotatable bonds is 5. The minimum Gasteiger partial charge on any atom is -0.468 e. The maximum atomic E-state index is 13.1. The second-order valence-corrected chi connectivity index (χ2v) is 6.12. The van der Waals surface area contributed by atoms with Crippen LogP contribution in [0.5, 0.6) is 0 Å². The van der Waals surface area contributed by atoms with Gasteiger partial charge in [0, 0.05) is 17.8 Å². The fourth-order valence-electron chi connectivity index (χ4n) is 3.23. The first-order valence-corrected chi connectivity index (χ1v) is 8.23. The molecular weight excluding hydrogens is 325 g/mol. The summed E-state index contributed by atoms with van der Waals surface area (Å²) in [5, 5.41) is 9.78. The predicted octanol–water partition coefficient (Wildman–Crippen LogP) is 2.04. The molecule has 0 radical (unpaired) electrons.